The van der Waals surface area contributed by atoms with E-state index in [2.05, 4.69) is 20.6 Å². The highest BCUT2D eigenvalue weighted by Crippen LogP contribution is 2.26. The molecule has 1 aromatic heterocycles. The van der Waals surface area contributed by atoms with E-state index in [0.717, 1.165) is 29.6 Å². The van der Waals surface area contributed by atoms with Crippen LogP contribution in [-0.2, 0) is 10.5 Å². The lowest BCUT2D eigenvalue weighted by Gasteiger charge is -2.11. The second kappa shape index (κ2) is 10.3. The maximum Gasteiger partial charge on any atom is 0.267 e. The topological polar surface area (TPSA) is 107 Å². The van der Waals surface area contributed by atoms with Crippen LogP contribution in [0.3, 0.4) is 0 Å². The van der Waals surface area contributed by atoms with Crippen LogP contribution in [0.2, 0.25) is 0 Å². The summed E-state index contributed by atoms with van der Waals surface area (Å²) in [5, 5.41) is 14.5. The number of aliphatic hydroxyl groups excluding tert-OH is 1. The molecule has 0 aliphatic heterocycles. The van der Waals surface area contributed by atoms with Gasteiger partial charge in [0.25, 0.3) is 5.56 Å². The van der Waals surface area contributed by atoms with Gasteiger partial charge in [-0.3, -0.25) is 9.59 Å². The van der Waals surface area contributed by atoms with E-state index in [4.69, 9.17) is 5.11 Å². The van der Waals surface area contributed by atoms with Gasteiger partial charge in [-0.15, -0.1) is 11.8 Å². The van der Waals surface area contributed by atoms with Crippen molar-refractivity contribution in [3.05, 3.63) is 45.8 Å². The number of aromatic nitrogens is 2. The minimum Gasteiger partial charge on any atom is -0.395 e. The summed E-state index contributed by atoms with van der Waals surface area (Å²) in [5.74, 6) is -1.84. The van der Waals surface area contributed by atoms with Crippen molar-refractivity contribution in [2.75, 3.05) is 31.3 Å². The number of nitrogens with one attached hydrogen (secondary N) is 3. The molecule has 27 heavy (non-hydrogen) atoms. The minimum atomic E-state index is -0.944. The lowest BCUT2D eigenvalue weighted by molar-refractivity contribution is -0.118. The van der Waals surface area contributed by atoms with Gasteiger partial charge in [-0.2, -0.15) is 0 Å². The van der Waals surface area contributed by atoms with Crippen LogP contribution in [0.4, 0.5) is 14.6 Å². The van der Waals surface area contributed by atoms with Gasteiger partial charge < -0.3 is 20.7 Å². The molecule has 1 aromatic carbocycles. The number of hydrogen-bond acceptors (Lipinski definition) is 7. The first-order chi connectivity index (χ1) is 13.0. The summed E-state index contributed by atoms with van der Waals surface area (Å²) < 4.78 is 27.0. The molecule has 1 heterocycles. The van der Waals surface area contributed by atoms with Crippen LogP contribution in [-0.4, -0.2) is 46.9 Å². The van der Waals surface area contributed by atoms with E-state index < -0.39 is 17.2 Å². The molecule has 11 heteroatoms. The summed E-state index contributed by atoms with van der Waals surface area (Å²) in [6.45, 7) is -0.0162. The Bertz CT molecular complexity index is 864. The molecule has 0 atom stereocenters. The van der Waals surface area contributed by atoms with Crippen molar-refractivity contribution in [3.8, 4) is 0 Å². The normalized spacial score (nSPS) is 10.7. The second-order valence-electron chi connectivity index (χ2n) is 5.16. The van der Waals surface area contributed by atoms with Crippen molar-refractivity contribution in [2.45, 2.75) is 15.8 Å². The van der Waals surface area contributed by atoms with Crippen molar-refractivity contribution in [2.24, 2.45) is 0 Å². The molecule has 0 aliphatic carbocycles. The van der Waals surface area contributed by atoms with E-state index >= 15 is 0 Å². The third-order valence-electron chi connectivity index (χ3n) is 3.28. The van der Waals surface area contributed by atoms with Gasteiger partial charge in [-0.1, -0.05) is 23.9 Å². The third kappa shape index (κ3) is 5.94. The zero-order chi connectivity index (χ0) is 19.8. The van der Waals surface area contributed by atoms with Gasteiger partial charge in [0, 0.05) is 24.9 Å². The summed E-state index contributed by atoms with van der Waals surface area (Å²) >= 11 is 2.03. The van der Waals surface area contributed by atoms with Crippen molar-refractivity contribution < 1.29 is 18.7 Å². The predicted octanol–water partition coefficient (Wildman–Crippen LogP) is 1.58. The second-order valence-corrected chi connectivity index (χ2v) is 7.11. The monoisotopic (exact) mass is 416 g/mol. The highest BCUT2D eigenvalue weighted by molar-refractivity contribution is 8.00. The summed E-state index contributed by atoms with van der Waals surface area (Å²) in [5.41, 5.74) is -0.327. The van der Waals surface area contributed by atoms with Gasteiger partial charge in [0.2, 0.25) is 5.91 Å². The number of carbonyl (C=O) groups is 1. The van der Waals surface area contributed by atoms with Crippen molar-refractivity contribution in [1.29, 1.82) is 0 Å². The number of anilines is 1. The van der Waals surface area contributed by atoms with Crippen molar-refractivity contribution in [1.82, 2.24) is 15.3 Å². The van der Waals surface area contributed by atoms with Gasteiger partial charge in [-0.05, 0) is 6.07 Å². The molecule has 1 amide bonds. The smallest absolute Gasteiger partial charge is 0.267 e. The van der Waals surface area contributed by atoms with Crippen molar-refractivity contribution >= 4 is 35.2 Å². The van der Waals surface area contributed by atoms with E-state index in [1.807, 2.05) is 0 Å². The maximum absolute atomic E-state index is 13.7. The number of carbonyl (C=O) groups excluding carboxylic acids is 1. The molecule has 0 saturated carbocycles. The summed E-state index contributed by atoms with van der Waals surface area (Å²) in [7, 11) is 1.49. The fraction of sp³-hybridized carbons (Fsp3) is 0.312. The number of amides is 1. The van der Waals surface area contributed by atoms with Gasteiger partial charge >= 0.3 is 0 Å². The number of aromatic amines is 1. The molecule has 2 aromatic rings. The van der Waals surface area contributed by atoms with Gasteiger partial charge in [0.15, 0.2) is 16.8 Å². The summed E-state index contributed by atoms with van der Waals surface area (Å²) in [6, 6.07) is 3.87. The molecule has 146 valence electrons. The quantitative estimate of drug-likeness (QED) is 0.363. The highest BCUT2D eigenvalue weighted by atomic mass is 32.2. The average Bonchev–Trinajstić information content (AvgIpc) is 2.66. The zero-order valence-electron chi connectivity index (χ0n) is 14.3. The van der Waals surface area contributed by atoms with Crippen LogP contribution in [0.1, 0.15) is 5.56 Å². The van der Waals surface area contributed by atoms with Crippen molar-refractivity contribution in [3.63, 3.8) is 0 Å². The first-order valence-electron chi connectivity index (χ1n) is 7.84. The van der Waals surface area contributed by atoms with E-state index in [1.165, 1.54) is 19.2 Å². The standard InChI is InChI=1S/C16H18F2N4O3S2/c1-19-11(24)8-26-13-14(20-5-6-23)21-16(22-15(13)25)27-7-9-3-2-4-10(17)12(9)18/h2-4,23H,5-8H2,1H3,(H,19,24)(H2,20,21,22,25). The van der Waals surface area contributed by atoms with E-state index in [9.17, 15) is 18.4 Å². The Hall–Kier alpha value is -2.11. The lowest BCUT2D eigenvalue weighted by atomic mass is 10.2. The Morgan fingerprint density at radius 3 is 2.81 bits per heavy atom. The Morgan fingerprint density at radius 1 is 1.33 bits per heavy atom. The number of hydrogen-bond donors (Lipinski definition) is 4. The number of rotatable bonds is 9. The van der Waals surface area contributed by atoms with Crippen LogP contribution >= 0.6 is 23.5 Å². The first-order valence-corrected chi connectivity index (χ1v) is 9.81. The maximum atomic E-state index is 13.7. The van der Waals surface area contributed by atoms with Gasteiger partial charge in [-0.25, -0.2) is 13.8 Å². The molecule has 4 N–H and O–H groups in total. The number of aliphatic hydroxyl groups is 1. The Labute approximate surface area is 162 Å². The highest BCUT2D eigenvalue weighted by Gasteiger charge is 2.15. The van der Waals surface area contributed by atoms with Crippen LogP contribution < -0.4 is 16.2 Å². The zero-order valence-corrected chi connectivity index (χ0v) is 16.0. The summed E-state index contributed by atoms with van der Waals surface area (Å²) in [4.78, 5) is 30.8. The summed E-state index contributed by atoms with van der Waals surface area (Å²) in [6.07, 6.45) is 0. The Morgan fingerprint density at radius 2 is 2.11 bits per heavy atom. The fourth-order valence-corrected chi connectivity index (χ4v) is 3.65. The lowest BCUT2D eigenvalue weighted by Crippen LogP contribution is -2.22. The van der Waals surface area contributed by atoms with Crippen LogP contribution in [0, 0.1) is 11.6 Å². The largest absolute Gasteiger partial charge is 0.395 e. The van der Waals surface area contributed by atoms with E-state index in [0.29, 0.717) is 0 Å². The number of benzene rings is 1. The number of nitrogens with zero attached hydrogens (tertiary/aromatic N) is 1. The Balaban J connectivity index is 2.21. The number of thioether (sulfide) groups is 2. The molecule has 2 rings (SSSR count). The van der Waals surface area contributed by atoms with E-state index in [1.54, 1.807) is 0 Å². The van der Waals surface area contributed by atoms with Crippen LogP contribution in [0.5, 0.6) is 0 Å². The number of H-pyrrole nitrogens is 1. The predicted molar refractivity (Wildman–Crippen MR) is 101 cm³/mol. The molecule has 0 bridgehead atoms. The van der Waals surface area contributed by atoms with Crippen LogP contribution in [0.15, 0.2) is 33.0 Å². The molecular formula is C16H18F2N4O3S2. The van der Waals surface area contributed by atoms with Gasteiger partial charge in [0.1, 0.15) is 10.7 Å². The first kappa shape index (κ1) is 21.2. The third-order valence-corrected chi connectivity index (χ3v) is 5.28. The SMILES string of the molecule is CNC(=O)CSc1c(NCCO)nc(SCc2cccc(F)c2F)[nH]c1=O. The average molecular weight is 416 g/mol. The number of halogens is 2. The molecule has 0 unspecified atom stereocenters. The van der Waals surface area contributed by atoms with Gasteiger partial charge in [0.05, 0.1) is 12.4 Å². The molecule has 0 aliphatic rings. The molecular weight excluding hydrogens is 398 g/mol. The fourth-order valence-electron chi connectivity index (χ4n) is 1.95. The van der Waals surface area contributed by atoms with Crippen LogP contribution in [0.25, 0.3) is 0 Å². The Kier molecular flexibility index (Phi) is 8.07. The molecule has 0 fully saturated rings. The van der Waals surface area contributed by atoms with E-state index in [-0.39, 0.29) is 52.0 Å². The molecule has 0 spiro atoms. The molecule has 0 radical (unpaired) electrons. The molecule has 0 saturated heterocycles. The minimum absolute atomic E-state index is 0.0239. The molecule has 7 nitrogen and oxygen atoms in total.